The number of hydrogen-bond acceptors (Lipinski definition) is 6. The molecule has 0 atom stereocenters. The van der Waals surface area contributed by atoms with Gasteiger partial charge in [-0.2, -0.15) is 5.10 Å². The Hall–Kier alpha value is -3.88. The van der Waals surface area contributed by atoms with Crippen LogP contribution in [0.1, 0.15) is 27.4 Å². The molecule has 0 aliphatic rings. The molecule has 0 aliphatic heterocycles. The molecule has 2 N–H and O–H groups in total. The lowest BCUT2D eigenvalue weighted by atomic mass is 10.1. The van der Waals surface area contributed by atoms with Crippen molar-refractivity contribution < 1.29 is 23.5 Å². The molecule has 0 unspecified atom stereocenters. The summed E-state index contributed by atoms with van der Waals surface area (Å²) in [5, 5.41) is 8.74. The summed E-state index contributed by atoms with van der Waals surface area (Å²) in [5.74, 6) is -1.09. The number of aryl methyl sites for hydroxylation is 1. The number of carbonyl (C=O) groups excluding carboxylic acids is 3. The van der Waals surface area contributed by atoms with E-state index in [1.807, 2.05) is 19.9 Å². The first kappa shape index (κ1) is 19.9. The van der Waals surface area contributed by atoms with Crippen LogP contribution in [-0.2, 0) is 16.1 Å². The molecule has 2 heterocycles. The molecule has 0 bridgehead atoms. The van der Waals surface area contributed by atoms with Gasteiger partial charge in [0.05, 0.1) is 6.54 Å². The number of carbonyl (C=O) groups is 3. The minimum atomic E-state index is -0.804. The third-order valence-corrected chi connectivity index (χ3v) is 4.18. The number of nitrogens with zero attached hydrogens (tertiary/aromatic N) is 2. The van der Waals surface area contributed by atoms with Crippen molar-refractivity contribution in [1.29, 1.82) is 0 Å². The van der Waals surface area contributed by atoms with E-state index in [0.717, 1.165) is 11.1 Å². The van der Waals surface area contributed by atoms with Gasteiger partial charge < -0.3 is 14.5 Å². The van der Waals surface area contributed by atoms with Crippen molar-refractivity contribution in [3.8, 4) is 0 Å². The van der Waals surface area contributed by atoms with Gasteiger partial charge in [0.15, 0.2) is 6.61 Å². The topological polar surface area (TPSA) is 115 Å². The molecule has 0 aliphatic carbocycles. The lowest BCUT2D eigenvalue weighted by Crippen LogP contribution is -2.37. The first-order valence-corrected chi connectivity index (χ1v) is 8.82. The van der Waals surface area contributed by atoms with E-state index in [1.54, 1.807) is 41.3 Å². The molecule has 3 aromatic rings. The second-order valence-electron chi connectivity index (χ2n) is 6.30. The Morgan fingerprint density at radius 3 is 2.72 bits per heavy atom. The number of benzene rings is 1. The maximum absolute atomic E-state index is 12.0. The Morgan fingerprint density at radius 1 is 1.14 bits per heavy atom. The fraction of sp³-hybridized carbons (Fsp3) is 0.200. The van der Waals surface area contributed by atoms with E-state index in [4.69, 9.17) is 9.15 Å². The summed E-state index contributed by atoms with van der Waals surface area (Å²) in [5.41, 5.74) is 2.49. The highest BCUT2D eigenvalue weighted by molar-refractivity contribution is 6.02. The van der Waals surface area contributed by atoms with Crippen molar-refractivity contribution in [1.82, 2.24) is 15.1 Å². The molecule has 9 nitrogen and oxygen atoms in total. The Labute approximate surface area is 166 Å². The van der Waals surface area contributed by atoms with Gasteiger partial charge in [-0.05, 0) is 49.2 Å². The van der Waals surface area contributed by atoms with E-state index in [0.29, 0.717) is 18.0 Å². The first-order valence-electron chi connectivity index (χ1n) is 8.82. The lowest BCUT2D eigenvalue weighted by Gasteiger charge is -2.10. The molecule has 2 aromatic heterocycles. The molecule has 0 saturated heterocycles. The van der Waals surface area contributed by atoms with Crippen molar-refractivity contribution in [2.75, 3.05) is 11.9 Å². The van der Waals surface area contributed by atoms with Gasteiger partial charge in [0.2, 0.25) is 5.76 Å². The maximum atomic E-state index is 12.0. The van der Waals surface area contributed by atoms with Crippen LogP contribution in [-0.4, -0.2) is 34.3 Å². The summed E-state index contributed by atoms with van der Waals surface area (Å²) in [7, 11) is 0. The minimum absolute atomic E-state index is 0.0419. The minimum Gasteiger partial charge on any atom is -0.452 e. The van der Waals surface area contributed by atoms with E-state index in [9.17, 15) is 14.4 Å². The molecule has 9 heteroatoms. The molecule has 1 aromatic carbocycles. The van der Waals surface area contributed by atoms with Gasteiger partial charge in [-0.15, -0.1) is 0 Å². The van der Waals surface area contributed by atoms with Crippen LogP contribution in [0, 0.1) is 13.8 Å². The largest absolute Gasteiger partial charge is 0.452 e. The van der Waals surface area contributed by atoms with Crippen LogP contribution in [0.15, 0.2) is 53.2 Å². The zero-order chi connectivity index (χ0) is 20.8. The van der Waals surface area contributed by atoms with E-state index in [1.165, 1.54) is 6.07 Å². The number of imide groups is 1. The zero-order valence-corrected chi connectivity index (χ0v) is 16.0. The third kappa shape index (κ3) is 5.32. The number of rotatable bonds is 6. The summed E-state index contributed by atoms with van der Waals surface area (Å²) in [6.07, 6.45) is 3.39. The van der Waals surface area contributed by atoms with Crippen molar-refractivity contribution in [3.05, 3.63) is 71.4 Å². The van der Waals surface area contributed by atoms with Crippen molar-refractivity contribution >= 4 is 23.6 Å². The Kier molecular flexibility index (Phi) is 6.08. The molecular weight excluding hydrogens is 376 g/mol. The van der Waals surface area contributed by atoms with Crippen LogP contribution >= 0.6 is 0 Å². The third-order valence-electron chi connectivity index (χ3n) is 4.18. The predicted octanol–water partition coefficient (Wildman–Crippen LogP) is 2.65. The van der Waals surface area contributed by atoms with Gasteiger partial charge in [-0.1, -0.05) is 12.1 Å². The highest BCUT2D eigenvalue weighted by Gasteiger charge is 2.16. The molecule has 0 radical (unpaired) electrons. The van der Waals surface area contributed by atoms with E-state index in [2.05, 4.69) is 15.7 Å². The summed E-state index contributed by atoms with van der Waals surface area (Å²) in [4.78, 5) is 35.8. The van der Waals surface area contributed by atoms with Crippen molar-refractivity contribution in [2.45, 2.75) is 20.4 Å². The molecular formula is C20H20N4O5. The number of ether oxygens (including phenoxy) is 1. The molecule has 0 spiro atoms. The van der Waals surface area contributed by atoms with Crippen LogP contribution in [0.5, 0.6) is 0 Å². The smallest absolute Gasteiger partial charge is 0.374 e. The number of aromatic nitrogens is 2. The normalized spacial score (nSPS) is 10.4. The number of nitrogens with one attached hydrogen (secondary N) is 2. The predicted molar refractivity (Wildman–Crippen MR) is 103 cm³/mol. The maximum Gasteiger partial charge on any atom is 0.374 e. The number of urea groups is 1. The second kappa shape index (κ2) is 8.87. The summed E-state index contributed by atoms with van der Waals surface area (Å²) < 4.78 is 11.9. The van der Waals surface area contributed by atoms with Crippen LogP contribution in [0.4, 0.5) is 10.5 Å². The van der Waals surface area contributed by atoms with Gasteiger partial charge in [0, 0.05) is 18.1 Å². The molecule has 150 valence electrons. The van der Waals surface area contributed by atoms with Gasteiger partial charge in [-0.25, -0.2) is 9.59 Å². The molecule has 29 heavy (non-hydrogen) atoms. The standard InChI is InChI=1S/C20H20N4O5/c1-13-5-3-6-16(14(13)2)22-20(27)23-18(25)12-28-19(26)17-8-7-15(29-17)11-24-10-4-9-21-24/h3-10H,11-12H2,1-2H3,(H2,22,23,25,27). The quantitative estimate of drug-likeness (QED) is 0.619. The molecule has 0 fully saturated rings. The van der Waals surface area contributed by atoms with Gasteiger partial charge >= 0.3 is 12.0 Å². The van der Waals surface area contributed by atoms with Crippen LogP contribution < -0.4 is 10.6 Å². The van der Waals surface area contributed by atoms with Crippen LogP contribution in [0.25, 0.3) is 0 Å². The number of esters is 1. The van der Waals surface area contributed by atoms with Crippen molar-refractivity contribution in [2.24, 2.45) is 0 Å². The Balaban J connectivity index is 1.46. The molecule has 3 amide bonds. The van der Waals surface area contributed by atoms with Gasteiger partial charge in [0.25, 0.3) is 5.91 Å². The monoisotopic (exact) mass is 396 g/mol. The number of amides is 3. The highest BCUT2D eigenvalue weighted by Crippen LogP contribution is 2.17. The average molecular weight is 396 g/mol. The number of anilines is 1. The summed E-state index contributed by atoms with van der Waals surface area (Å²) in [6, 6.07) is 9.57. The summed E-state index contributed by atoms with van der Waals surface area (Å²) in [6.45, 7) is 3.52. The zero-order valence-electron chi connectivity index (χ0n) is 16.0. The van der Waals surface area contributed by atoms with Crippen LogP contribution in [0.2, 0.25) is 0 Å². The summed E-state index contributed by atoms with van der Waals surface area (Å²) >= 11 is 0. The SMILES string of the molecule is Cc1cccc(NC(=O)NC(=O)COC(=O)c2ccc(Cn3cccn3)o2)c1C. The second-order valence-corrected chi connectivity index (χ2v) is 6.30. The van der Waals surface area contributed by atoms with Crippen LogP contribution in [0.3, 0.4) is 0 Å². The van der Waals surface area contributed by atoms with E-state index < -0.39 is 24.5 Å². The number of furan rings is 1. The fourth-order valence-electron chi connectivity index (χ4n) is 2.53. The number of hydrogen-bond donors (Lipinski definition) is 2. The fourth-order valence-corrected chi connectivity index (χ4v) is 2.53. The van der Waals surface area contributed by atoms with Crippen molar-refractivity contribution in [3.63, 3.8) is 0 Å². The molecule has 3 rings (SSSR count). The highest BCUT2D eigenvalue weighted by atomic mass is 16.5. The Morgan fingerprint density at radius 2 is 1.97 bits per heavy atom. The van der Waals surface area contributed by atoms with Gasteiger partial charge in [-0.3, -0.25) is 14.8 Å². The van der Waals surface area contributed by atoms with E-state index in [-0.39, 0.29) is 5.76 Å². The lowest BCUT2D eigenvalue weighted by molar-refractivity contribution is -0.123. The average Bonchev–Trinajstić information content (AvgIpc) is 3.36. The first-order chi connectivity index (χ1) is 13.9. The van der Waals surface area contributed by atoms with Gasteiger partial charge in [0.1, 0.15) is 5.76 Å². The molecule has 0 saturated carbocycles. The van der Waals surface area contributed by atoms with E-state index >= 15 is 0 Å². The Bertz CT molecular complexity index is 1020.